The number of rotatable bonds is 6. The zero-order valence-electron chi connectivity index (χ0n) is 11.9. The van der Waals surface area contributed by atoms with Gasteiger partial charge in [-0.3, -0.25) is 9.78 Å². The number of nitrogens with two attached hydrogens (primary N) is 1. The van der Waals surface area contributed by atoms with Crippen LogP contribution in [0.3, 0.4) is 0 Å². The maximum absolute atomic E-state index is 11.9. The molecule has 0 saturated heterocycles. The number of carbonyl (C=O) groups excluding carboxylic acids is 1. The van der Waals surface area contributed by atoms with Crippen LogP contribution in [0.5, 0.6) is 0 Å². The predicted molar refractivity (Wildman–Crippen MR) is 86.2 cm³/mol. The van der Waals surface area contributed by atoms with Crippen LogP contribution in [0, 0.1) is 6.92 Å². The topological polar surface area (TPSA) is 80.9 Å². The van der Waals surface area contributed by atoms with E-state index in [2.05, 4.69) is 15.3 Å². The van der Waals surface area contributed by atoms with Gasteiger partial charge in [0, 0.05) is 35.9 Å². The summed E-state index contributed by atoms with van der Waals surface area (Å²) in [7, 11) is 0. The van der Waals surface area contributed by atoms with Crippen LogP contribution in [-0.2, 0) is 4.79 Å². The minimum absolute atomic E-state index is 0.0163. The van der Waals surface area contributed by atoms with Crippen LogP contribution in [0.1, 0.15) is 18.4 Å². The predicted octanol–water partition coefficient (Wildman–Crippen LogP) is 2.88. The quantitative estimate of drug-likeness (QED) is 0.487. The highest BCUT2D eigenvalue weighted by atomic mass is 32.2. The number of hydrogen-bond acceptors (Lipinski definition) is 5. The van der Waals surface area contributed by atoms with Gasteiger partial charge in [-0.25, -0.2) is 4.98 Å². The highest BCUT2D eigenvalue weighted by Crippen LogP contribution is 2.19. The van der Waals surface area contributed by atoms with Gasteiger partial charge in [0.15, 0.2) is 0 Å². The summed E-state index contributed by atoms with van der Waals surface area (Å²) in [6.07, 6.45) is 6.31. The summed E-state index contributed by atoms with van der Waals surface area (Å²) in [5.41, 5.74) is 8.17. The van der Waals surface area contributed by atoms with Gasteiger partial charge < -0.3 is 11.1 Å². The second-order valence-electron chi connectivity index (χ2n) is 4.62. The van der Waals surface area contributed by atoms with Crippen LogP contribution in [0.4, 0.5) is 11.4 Å². The van der Waals surface area contributed by atoms with Gasteiger partial charge in [-0.05, 0) is 37.1 Å². The summed E-state index contributed by atoms with van der Waals surface area (Å²) in [6, 6.07) is 5.46. The molecule has 0 fully saturated rings. The molecule has 0 saturated carbocycles. The molecule has 1 heterocycles. The Labute approximate surface area is 128 Å². The smallest absolute Gasteiger partial charge is 0.224 e. The number of aromatic nitrogens is 2. The zero-order chi connectivity index (χ0) is 15.1. The Bertz CT molecular complexity index is 604. The van der Waals surface area contributed by atoms with Crippen molar-refractivity contribution in [1.29, 1.82) is 0 Å². The van der Waals surface area contributed by atoms with Crippen molar-refractivity contribution >= 4 is 29.0 Å². The molecule has 1 aromatic heterocycles. The lowest BCUT2D eigenvalue weighted by atomic mass is 10.1. The fourth-order valence-electron chi connectivity index (χ4n) is 1.81. The summed E-state index contributed by atoms with van der Waals surface area (Å²) >= 11 is 1.60. The van der Waals surface area contributed by atoms with E-state index in [1.165, 1.54) is 0 Å². The first-order valence-corrected chi connectivity index (χ1v) is 7.68. The van der Waals surface area contributed by atoms with E-state index in [1.807, 2.05) is 19.1 Å². The molecule has 0 spiro atoms. The maximum atomic E-state index is 11.9. The Morgan fingerprint density at radius 1 is 1.38 bits per heavy atom. The Morgan fingerprint density at radius 3 is 2.95 bits per heavy atom. The van der Waals surface area contributed by atoms with Gasteiger partial charge in [-0.1, -0.05) is 0 Å². The minimum atomic E-state index is 0.0163. The lowest BCUT2D eigenvalue weighted by Gasteiger charge is -2.08. The molecule has 0 unspecified atom stereocenters. The Kier molecular flexibility index (Phi) is 5.57. The molecule has 0 atom stereocenters. The Morgan fingerprint density at radius 2 is 2.24 bits per heavy atom. The molecule has 110 valence electrons. The van der Waals surface area contributed by atoms with Crippen LogP contribution < -0.4 is 11.1 Å². The van der Waals surface area contributed by atoms with E-state index in [0.717, 1.165) is 28.5 Å². The van der Waals surface area contributed by atoms with Crippen LogP contribution in [0.2, 0.25) is 0 Å². The molecule has 3 N–H and O–H groups in total. The highest BCUT2D eigenvalue weighted by molar-refractivity contribution is 7.99. The molecule has 0 aliphatic carbocycles. The lowest BCUT2D eigenvalue weighted by molar-refractivity contribution is -0.116. The first kappa shape index (κ1) is 15.3. The van der Waals surface area contributed by atoms with Crippen molar-refractivity contribution in [2.45, 2.75) is 24.8 Å². The maximum Gasteiger partial charge on any atom is 0.224 e. The normalized spacial score (nSPS) is 10.3. The van der Waals surface area contributed by atoms with Crippen molar-refractivity contribution in [3.05, 3.63) is 42.4 Å². The molecule has 1 amide bonds. The van der Waals surface area contributed by atoms with E-state index in [4.69, 9.17) is 5.73 Å². The molecule has 5 nitrogen and oxygen atoms in total. The molecule has 0 aliphatic rings. The summed E-state index contributed by atoms with van der Waals surface area (Å²) < 4.78 is 0. The van der Waals surface area contributed by atoms with E-state index >= 15 is 0 Å². The lowest BCUT2D eigenvalue weighted by Crippen LogP contribution is -2.12. The van der Waals surface area contributed by atoms with Gasteiger partial charge in [0.1, 0.15) is 5.03 Å². The first-order valence-electron chi connectivity index (χ1n) is 6.70. The van der Waals surface area contributed by atoms with Crippen molar-refractivity contribution in [2.75, 3.05) is 16.8 Å². The molecule has 0 bridgehead atoms. The second kappa shape index (κ2) is 7.64. The zero-order valence-corrected chi connectivity index (χ0v) is 12.7. The van der Waals surface area contributed by atoms with Gasteiger partial charge in [0.2, 0.25) is 5.91 Å². The molecule has 1 aromatic carbocycles. The van der Waals surface area contributed by atoms with Gasteiger partial charge in [-0.15, -0.1) is 11.8 Å². The largest absolute Gasteiger partial charge is 0.399 e. The number of benzene rings is 1. The number of aryl methyl sites for hydroxylation is 1. The van der Waals surface area contributed by atoms with Crippen molar-refractivity contribution in [3.63, 3.8) is 0 Å². The minimum Gasteiger partial charge on any atom is -0.399 e. The summed E-state index contributed by atoms with van der Waals surface area (Å²) in [6.45, 7) is 1.93. The van der Waals surface area contributed by atoms with Crippen LogP contribution >= 0.6 is 11.8 Å². The molecule has 0 aliphatic heterocycles. The fraction of sp³-hybridized carbons (Fsp3) is 0.267. The third-order valence-corrected chi connectivity index (χ3v) is 3.86. The second-order valence-corrected chi connectivity index (χ2v) is 5.73. The third kappa shape index (κ3) is 5.07. The monoisotopic (exact) mass is 302 g/mol. The number of amides is 1. The van der Waals surface area contributed by atoms with Crippen molar-refractivity contribution in [2.24, 2.45) is 0 Å². The summed E-state index contributed by atoms with van der Waals surface area (Å²) in [5.74, 6) is 0.856. The molecular formula is C15H18N4OS. The third-order valence-electron chi connectivity index (χ3n) is 2.86. The molecule has 2 aromatic rings. The van der Waals surface area contributed by atoms with Crippen LogP contribution in [-0.4, -0.2) is 21.6 Å². The van der Waals surface area contributed by atoms with Crippen molar-refractivity contribution in [3.8, 4) is 0 Å². The van der Waals surface area contributed by atoms with Crippen molar-refractivity contribution < 1.29 is 4.79 Å². The van der Waals surface area contributed by atoms with E-state index in [-0.39, 0.29) is 5.91 Å². The molecule has 21 heavy (non-hydrogen) atoms. The number of nitrogen functional groups attached to an aromatic ring is 1. The average Bonchev–Trinajstić information content (AvgIpc) is 2.48. The Hall–Kier alpha value is -2.08. The number of carbonyl (C=O) groups is 1. The molecule has 2 rings (SSSR count). The number of anilines is 2. The average molecular weight is 302 g/mol. The number of nitrogens with zero attached hydrogens (tertiary/aromatic N) is 2. The first-order chi connectivity index (χ1) is 10.1. The standard InChI is InChI=1S/C15H18N4OS/c1-11-9-12(16)4-5-13(11)19-14(20)3-2-8-21-15-10-17-6-7-18-15/h4-7,9-10H,2-3,8,16H2,1H3,(H,19,20). The highest BCUT2D eigenvalue weighted by Gasteiger charge is 2.05. The van der Waals surface area contributed by atoms with Gasteiger partial charge in [-0.2, -0.15) is 0 Å². The molecule has 6 heteroatoms. The van der Waals surface area contributed by atoms with E-state index in [9.17, 15) is 4.79 Å². The number of nitrogens with one attached hydrogen (secondary N) is 1. The van der Waals surface area contributed by atoms with E-state index < -0.39 is 0 Å². The van der Waals surface area contributed by atoms with Gasteiger partial charge >= 0.3 is 0 Å². The molecular weight excluding hydrogens is 284 g/mol. The van der Waals surface area contributed by atoms with Crippen LogP contribution in [0.15, 0.2) is 41.8 Å². The van der Waals surface area contributed by atoms with E-state index in [0.29, 0.717) is 12.1 Å². The van der Waals surface area contributed by atoms with Gasteiger partial charge in [0.25, 0.3) is 0 Å². The summed E-state index contributed by atoms with van der Waals surface area (Å²) in [4.78, 5) is 20.1. The number of thioether (sulfide) groups is 1. The summed E-state index contributed by atoms with van der Waals surface area (Å²) in [5, 5.41) is 3.79. The SMILES string of the molecule is Cc1cc(N)ccc1NC(=O)CCCSc1cnccn1. The van der Waals surface area contributed by atoms with E-state index in [1.54, 1.807) is 36.4 Å². The number of hydrogen-bond donors (Lipinski definition) is 2. The van der Waals surface area contributed by atoms with Crippen molar-refractivity contribution in [1.82, 2.24) is 9.97 Å². The van der Waals surface area contributed by atoms with Gasteiger partial charge in [0.05, 0.1) is 6.20 Å². The molecule has 0 radical (unpaired) electrons. The fourth-order valence-corrected chi connectivity index (χ4v) is 2.58. The Balaban J connectivity index is 1.72. The van der Waals surface area contributed by atoms with Crippen LogP contribution in [0.25, 0.3) is 0 Å².